The third-order valence-corrected chi connectivity index (χ3v) is 3.15. The molecule has 0 bridgehead atoms. The second-order valence-corrected chi connectivity index (χ2v) is 4.61. The van der Waals surface area contributed by atoms with E-state index in [1.54, 1.807) is 12.3 Å². The first-order valence-electron chi connectivity index (χ1n) is 6.31. The fraction of sp³-hybridized carbons (Fsp3) is 0.188. The highest BCUT2D eigenvalue weighted by atomic mass is 35.5. The van der Waals surface area contributed by atoms with Gasteiger partial charge in [-0.1, -0.05) is 43.0 Å². The summed E-state index contributed by atoms with van der Waals surface area (Å²) in [6.45, 7) is 4.53. The van der Waals surface area contributed by atoms with Gasteiger partial charge in [-0.05, 0) is 5.56 Å². The number of benzene rings is 1. The fourth-order valence-electron chi connectivity index (χ4n) is 1.89. The summed E-state index contributed by atoms with van der Waals surface area (Å²) in [4.78, 5) is 11.9. The van der Waals surface area contributed by atoms with Crippen molar-refractivity contribution in [2.24, 2.45) is 0 Å². The number of ether oxygens (including phenoxy) is 1. The van der Waals surface area contributed by atoms with Crippen LogP contribution in [0.1, 0.15) is 11.3 Å². The van der Waals surface area contributed by atoms with Crippen LogP contribution in [0.4, 0.5) is 0 Å². The summed E-state index contributed by atoms with van der Waals surface area (Å²) in [6.07, 6.45) is 3.31. The first-order valence-corrected chi connectivity index (χ1v) is 6.85. The maximum Gasteiger partial charge on any atom is 0.223 e. The van der Waals surface area contributed by atoms with Crippen molar-refractivity contribution in [3.8, 4) is 5.75 Å². The summed E-state index contributed by atoms with van der Waals surface area (Å²) in [5, 5.41) is 0. The molecule has 0 spiro atoms. The molecule has 1 heterocycles. The van der Waals surface area contributed by atoms with Gasteiger partial charge >= 0.3 is 0 Å². The normalized spacial score (nSPS) is 10.2. The molecule has 0 aliphatic rings. The summed E-state index contributed by atoms with van der Waals surface area (Å²) >= 11 is 5.91. The SMILES string of the molecule is C=CCOc1cn(Cc2ccccc2)c(CCl)cc1=O. The van der Waals surface area contributed by atoms with E-state index < -0.39 is 0 Å². The highest BCUT2D eigenvalue weighted by Gasteiger charge is 2.07. The number of rotatable bonds is 6. The van der Waals surface area contributed by atoms with Crippen molar-refractivity contribution in [3.05, 3.63) is 76.7 Å². The van der Waals surface area contributed by atoms with Crippen LogP contribution in [0.3, 0.4) is 0 Å². The molecule has 0 saturated heterocycles. The van der Waals surface area contributed by atoms with Gasteiger partial charge in [0, 0.05) is 18.3 Å². The Hall–Kier alpha value is -2.00. The Morgan fingerprint density at radius 1 is 1.30 bits per heavy atom. The minimum Gasteiger partial charge on any atom is -0.484 e. The lowest BCUT2D eigenvalue weighted by atomic mass is 10.2. The molecule has 0 aliphatic carbocycles. The zero-order valence-electron chi connectivity index (χ0n) is 11.1. The van der Waals surface area contributed by atoms with E-state index in [0.717, 1.165) is 11.3 Å². The number of nitrogens with zero attached hydrogens (tertiary/aromatic N) is 1. The van der Waals surface area contributed by atoms with Crippen LogP contribution in [-0.2, 0) is 12.4 Å². The summed E-state index contributed by atoms with van der Waals surface area (Å²) in [5.41, 5.74) is 1.75. The predicted octanol–water partition coefficient (Wildman–Crippen LogP) is 3.20. The van der Waals surface area contributed by atoms with Crippen molar-refractivity contribution in [1.29, 1.82) is 0 Å². The summed E-state index contributed by atoms with van der Waals surface area (Å²) < 4.78 is 7.30. The molecule has 0 saturated carbocycles. The van der Waals surface area contributed by atoms with Gasteiger partial charge in [0.2, 0.25) is 5.43 Å². The van der Waals surface area contributed by atoms with Crippen LogP contribution in [0.25, 0.3) is 0 Å². The molecule has 0 radical (unpaired) electrons. The van der Waals surface area contributed by atoms with Crippen LogP contribution in [0.5, 0.6) is 5.75 Å². The van der Waals surface area contributed by atoms with Crippen molar-refractivity contribution in [2.75, 3.05) is 6.61 Å². The monoisotopic (exact) mass is 289 g/mol. The molecule has 0 atom stereocenters. The Kier molecular flexibility index (Phi) is 5.02. The summed E-state index contributed by atoms with van der Waals surface area (Å²) in [6, 6.07) is 11.5. The minimum absolute atomic E-state index is 0.160. The molecule has 104 valence electrons. The highest BCUT2D eigenvalue weighted by molar-refractivity contribution is 6.16. The fourth-order valence-corrected chi connectivity index (χ4v) is 2.12. The molecule has 0 amide bonds. The van der Waals surface area contributed by atoms with Gasteiger partial charge in [0.15, 0.2) is 5.75 Å². The van der Waals surface area contributed by atoms with Crippen molar-refractivity contribution < 1.29 is 4.74 Å². The number of hydrogen-bond donors (Lipinski definition) is 0. The van der Waals surface area contributed by atoms with E-state index in [4.69, 9.17) is 16.3 Å². The standard InChI is InChI=1S/C16H16ClNO2/c1-2-8-20-16-12-18(14(10-17)9-15(16)19)11-13-6-4-3-5-7-13/h2-7,9,12H,1,8,10-11H2. The van der Waals surface area contributed by atoms with Gasteiger partial charge in [-0.25, -0.2) is 0 Å². The minimum atomic E-state index is -0.160. The predicted molar refractivity (Wildman–Crippen MR) is 81.5 cm³/mol. The molecular formula is C16H16ClNO2. The number of hydrogen-bond acceptors (Lipinski definition) is 2. The molecular weight excluding hydrogens is 274 g/mol. The van der Waals surface area contributed by atoms with Gasteiger partial charge in [-0.2, -0.15) is 0 Å². The quantitative estimate of drug-likeness (QED) is 0.604. The molecule has 1 aromatic carbocycles. The van der Waals surface area contributed by atoms with Crippen LogP contribution in [0.15, 0.2) is 60.0 Å². The van der Waals surface area contributed by atoms with Gasteiger partial charge in [-0.3, -0.25) is 4.79 Å². The molecule has 0 N–H and O–H groups in total. The first-order chi connectivity index (χ1) is 9.74. The van der Waals surface area contributed by atoms with Gasteiger partial charge in [-0.15, -0.1) is 11.6 Å². The van der Waals surface area contributed by atoms with E-state index in [-0.39, 0.29) is 11.3 Å². The number of halogens is 1. The second kappa shape index (κ2) is 6.96. The molecule has 0 unspecified atom stereocenters. The Morgan fingerprint density at radius 3 is 2.70 bits per heavy atom. The Morgan fingerprint density at radius 2 is 2.05 bits per heavy atom. The van der Waals surface area contributed by atoms with E-state index in [0.29, 0.717) is 18.9 Å². The lowest BCUT2D eigenvalue weighted by molar-refractivity contribution is 0.355. The lowest BCUT2D eigenvalue weighted by Gasteiger charge is -2.14. The van der Waals surface area contributed by atoms with Crippen molar-refractivity contribution in [3.63, 3.8) is 0 Å². The third kappa shape index (κ3) is 3.52. The van der Waals surface area contributed by atoms with Crippen LogP contribution < -0.4 is 10.2 Å². The van der Waals surface area contributed by atoms with E-state index in [1.807, 2.05) is 34.9 Å². The smallest absolute Gasteiger partial charge is 0.223 e. The number of alkyl halides is 1. The number of aromatic nitrogens is 1. The summed E-state index contributed by atoms with van der Waals surface area (Å²) in [5.74, 6) is 0.596. The number of pyridine rings is 1. The first kappa shape index (κ1) is 14.4. The van der Waals surface area contributed by atoms with Crippen LogP contribution in [0, 0.1) is 0 Å². The van der Waals surface area contributed by atoms with Crippen molar-refractivity contribution in [1.82, 2.24) is 4.57 Å². The van der Waals surface area contributed by atoms with Gasteiger partial charge in [0.05, 0.1) is 12.1 Å². The zero-order chi connectivity index (χ0) is 14.4. The van der Waals surface area contributed by atoms with E-state index in [9.17, 15) is 4.79 Å². The topological polar surface area (TPSA) is 31.2 Å². The summed E-state index contributed by atoms with van der Waals surface area (Å²) in [7, 11) is 0. The van der Waals surface area contributed by atoms with Crippen LogP contribution >= 0.6 is 11.6 Å². The third-order valence-electron chi connectivity index (χ3n) is 2.87. The van der Waals surface area contributed by atoms with Crippen LogP contribution in [0.2, 0.25) is 0 Å². The molecule has 2 rings (SSSR count). The van der Waals surface area contributed by atoms with E-state index in [2.05, 4.69) is 6.58 Å². The zero-order valence-corrected chi connectivity index (χ0v) is 11.8. The Labute approximate surface area is 123 Å². The average Bonchev–Trinajstić information content (AvgIpc) is 2.48. The van der Waals surface area contributed by atoms with E-state index >= 15 is 0 Å². The second-order valence-electron chi connectivity index (χ2n) is 4.34. The Balaban J connectivity index is 2.34. The largest absolute Gasteiger partial charge is 0.484 e. The van der Waals surface area contributed by atoms with Gasteiger partial charge in [0.1, 0.15) is 6.61 Å². The van der Waals surface area contributed by atoms with Gasteiger partial charge in [0.25, 0.3) is 0 Å². The van der Waals surface area contributed by atoms with Gasteiger partial charge < -0.3 is 9.30 Å². The van der Waals surface area contributed by atoms with E-state index in [1.165, 1.54) is 6.07 Å². The molecule has 3 nitrogen and oxygen atoms in total. The highest BCUT2D eigenvalue weighted by Crippen LogP contribution is 2.12. The van der Waals surface area contributed by atoms with Crippen molar-refractivity contribution >= 4 is 11.6 Å². The molecule has 2 aromatic rings. The maximum absolute atomic E-state index is 11.9. The average molecular weight is 290 g/mol. The molecule has 0 aliphatic heterocycles. The molecule has 0 fully saturated rings. The Bertz CT molecular complexity index is 635. The molecule has 20 heavy (non-hydrogen) atoms. The maximum atomic E-state index is 11.9. The van der Waals surface area contributed by atoms with Crippen molar-refractivity contribution in [2.45, 2.75) is 12.4 Å². The molecule has 4 heteroatoms. The molecule has 1 aromatic heterocycles. The lowest BCUT2D eigenvalue weighted by Crippen LogP contribution is -2.15. The van der Waals surface area contributed by atoms with Crippen LogP contribution in [-0.4, -0.2) is 11.2 Å².